The lowest BCUT2D eigenvalue weighted by molar-refractivity contribution is -0.137. The van der Waals surface area contributed by atoms with E-state index in [0.29, 0.717) is 5.82 Å². The van der Waals surface area contributed by atoms with Gasteiger partial charge in [-0.2, -0.15) is 13.2 Å². The molecule has 1 amide bonds. The first-order chi connectivity index (χ1) is 28.4. The predicted molar refractivity (Wildman–Crippen MR) is 212 cm³/mol. The van der Waals surface area contributed by atoms with E-state index in [1.54, 1.807) is 6.33 Å². The summed E-state index contributed by atoms with van der Waals surface area (Å²) >= 11 is 0. The Bertz CT molecular complexity index is 2740. The minimum atomic E-state index is -4.86. The van der Waals surface area contributed by atoms with Crippen molar-refractivity contribution in [3.63, 3.8) is 0 Å². The Hall–Kier alpha value is -7.35. The van der Waals surface area contributed by atoms with E-state index < -0.39 is 47.1 Å². The van der Waals surface area contributed by atoms with Crippen molar-refractivity contribution in [2.45, 2.75) is 24.9 Å². The molecule has 6 aromatic carbocycles. The second-order valence-electron chi connectivity index (χ2n) is 13.7. The van der Waals surface area contributed by atoms with E-state index in [0.717, 1.165) is 56.2 Å². The summed E-state index contributed by atoms with van der Waals surface area (Å²) in [6.07, 6.45) is -3.27. The molecule has 0 unspecified atom stereocenters. The largest absolute Gasteiger partial charge is 0.483 e. The summed E-state index contributed by atoms with van der Waals surface area (Å²) < 4.78 is 82.4. The minimum Gasteiger partial charge on any atom is -0.483 e. The van der Waals surface area contributed by atoms with E-state index in [4.69, 9.17) is 4.74 Å². The monoisotopic (exact) mass is 800 g/mol. The van der Waals surface area contributed by atoms with Gasteiger partial charge in [0.2, 0.25) is 5.91 Å². The molecule has 59 heavy (non-hydrogen) atoms. The van der Waals surface area contributed by atoms with Crippen LogP contribution in [0.1, 0.15) is 28.1 Å². The van der Waals surface area contributed by atoms with Crippen LogP contribution < -0.4 is 15.7 Å². The van der Waals surface area contributed by atoms with Crippen molar-refractivity contribution in [3.8, 4) is 16.9 Å². The van der Waals surface area contributed by atoms with E-state index in [1.807, 2.05) is 95.6 Å². The maximum absolute atomic E-state index is 16.1. The number of carbonyl (C=O) groups is 1. The predicted octanol–water partition coefficient (Wildman–Crippen LogP) is 8.95. The quantitative estimate of drug-likeness (QED) is 0.104. The number of rotatable bonds is 11. The SMILES string of the molecule is Cn1c(=O)n(CC(=O)Nc2ccc(F)cc2)c2cc(C(F)(F)F)cc(-c3ccc(OCc4nncn4C(c4ccccc4)(c4ccccc4)c4ccccc4)c(F)c3)c21. The Balaban J connectivity index is 1.15. The minimum absolute atomic E-state index is 0.0221. The molecule has 0 saturated heterocycles. The van der Waals surface area contributed by atoms with E-state index in [1.165, 1.54) is 31.3 Å². The highest BCUT2D eigenvalue weighted by atomic mass is 19.4. The van der Waals surface area contributed by atoms with E-state index in [9.17, 15) is 27.2 Å². The Kier molecular flexibility index (Phi) is 10.1. The standard InChI is InChI=1S/C45H33F5N6O3/c1-54-42-36(24-33(45(48,49)50)25-38(42)55(43(54)58)26-41(57)52-35-20-18-34(46)19-21-35)29-17-22-39(37(47)23-29)59-27-40-53-51-28-56(40)44(30-11-5-2-6-12-30,31-13-7-3-8-14-31)32-15-9-4-10-16-32/h2-25,28H,26-27H2,1H3,(H,52,57). The van der Waals surface area contributed by atoms with Crippen LogP contribution in [0.25, 0.3) is 22.2 Å². The number of aromatic nitrogens is 5. The van der Waals surface area contributed by atoms with Gasteiger partial charge in [0.05, 0.1) is 16.6 Å². The lowest BCUT2D eigenvalue weighted by Crippen LogP contribution is -2.38. The highest BCUT2D eigenvalue weighted by Gasteiger charge is 2.40. The molecule has 0 atom stereocenters. The van der Waals surface area contributed by atoms with E-state index in [-0.39, 0.29) is 40.2 Å². The van der Waals surface area contributed by atoms with Crippen molar-refractivity contribution in [1.29, 1.82) is 0 Å². The Labute approximate surface area is 333 Å². The molecule has 8 aromatic rings. The van der Waals surface area contributed by atoms with Gasteiger partial charge in [-0.25, -0.2) is 13.6 Å². The van der Waals surface area contributed by atoms with Gasteiger partial charge in [0.25, 0.3) is 0 Å². The molecule has 0 saturated carbocycles. The first-order valence-corrected chi connectivity index (χ1v) is 18.3. The molecule has 0 bridgehead atoms. The van der Waals surface area contributed by atoms with Gasteiger partial charge in [0.15, 0.2) is 17.4 Å². The fourth-order valence-corrected chi connectivity index (χ4v) is 7.49. The molecule has 0 radical (unpaired) electrons. The fraction of sp³-hybridized carbons (Fsp3) is 0.111. The maximum Gasteiger partial charge on any atom is 0.416 e. The maximum atomic E-state index is 16.1. The normalized spacial score (nSPS) is 11.8. The van der Waals surface area contributed by atoms with Gasteiger partial charge in [-0.05, 0) is 70.8 Å². The van der Waals surface area contributed by atoms with Crippen molar-refractivity contribution in [2.24, 2.45) is 7.05 Å². The van der Waals surface area contributed by atoms with Gasteiger partial charge in [-0.15, -0.1) is 10.2 Å². The van der Waals surface area contributed by atoms with Crippen molar-refractivity contribution < 1.29 is 31.5 Å². The number of nitrogens with one attached hydrogen (secondary N) is 1. The first kappa shape index (κ1) is 38.5. The summed E-state index contributed by atoms with van der Waals surface area (Å²) in [6.45, 7) is -0.893. The molecule has 8 rings (SSSR count). The van der Waals surface area contributed by atoms with Crippen LogP contribution in [0.4, 0.5) is 27.6 Å². The molecule has 1 N–H and O–H groups in total. The molecule has 0 aliphatic rings. The van der Waals surface area contributed by atoms with Crippen LogP contribution >= 0.6 is 0 Å². The lowest BCUT2D eigenvalue weighted by Gasteiger charge is -2.38. The van der Waals surface area contributed by atoms with Crippen LogP contribution in [0.3, 0.4) is 0 Å². The molecule has 14 heteroatoms. The third-order valence-electron chi connectivity index (χ3n) is 10.1. The van der Waals surface area contributed by atoms with Crippen molar-refractivity contribution in [1.82, 2.24) is 23.9 Å². The van der Waals surface area contributed by atoms with E-state index in [2.05, 4.69) is 15.5 Å². The Morgan fingerprint density at radius 3 is 1.90 bits per heavy atom. The van der Waals surface area contributed by atoms with Crippen LogP contribution in [0.15, 0.2) is 157 Å². The van der Waals surface area contributed by atoms with Gasteiger partial charge in [0.1, 0.15) is 30.8 Å². The van der Waals surface area contributed by atoms with Crippen LogP contribution in [-0.4, -0.2) is 29.8 Å². The van der Waals surface area contributed by atoms with Crippen molar-refractivity contribution in [2.75, 3.05) is 5.32 Å². The number of imidazole rings is 1. The number of ether oxygens (including phenoxy) is 1. The van der Waals surface area contributed by atoms with Gasteiger partial charge in [-0.3, -0.25) is 18.5 Å². The first-order valence-electron chi connectivity index (χ1n) is 18.3. The number of fused-ring (bicyclic) bond motifs is 1. The average Bonchev–Trinajstić information content (AvgIpc) is 3.80. The molecule has 9 nitrogen and oxygen atoms in total. The summed E-state index contributed by atoms with van der Waals surface area (Å²) in [5.74, 6) is -2.01. The number of aryl methyl sites for hydroxylation is 1. The second-order valence-corrected chi connectivity index (χ2v) is 13.7. The molecule has 0 aliphatic heterocycles. The molecular weight excluding hydrogens is 768 g/mol. The Morgan fingerprint density at radius 2 is 1.34 bits per heavy atom. The summed E-state index contributed by atoms with van der Waals surface area (Å²) in [4.78, 5) is 26.4. The molecule has 0 fully saturated rings. The highest BCUT2D eigenvalue weighted by molar-refractivity contribution is 5.96. The molecule has 0 aliphatic carbocycles. The van der Waals surface area contributed by atoms with Crippen molar-refractivity contribution >= 4 is 22.6 Å². The molecular formula is C45H33F5N6O3. The third kappa shape index (κ3) is 7.24. The number of halogens is 5. The number of anilines is 1. The number of carbonyl (C=O) groups excluding carboxylic acids is 1. The van der Waals surface area contributed by atoms with Crippen LogP contribution in [0.5, 0.6) is 5.75 Å². The second kappa shape index (κ2) is 15.5. The number of benzene rings is 6. The smallest absolute Gasteiger partial charge is 0.416 e. The fourth-order valence-electron chi connectivity index (χ4n) is 7.49. The number of nitrogens with zero attached hydrogens (tertiary/aromatic N) is 5. The van der Waals surface area contributed by atoms with Gasteiger partial charge in [0, 0.05) is 18.3 Å². The zero-order valence-corrected chi connectivity index (χ0v) is 31.2. The highest BCUT2D eigenvalue weighted by Crippen LogP contribution is 2.42. The third-order valence-corrected chi connectivity index (χ3v) is 10.1. The average molecular weight is 801 g/mol. The topological polar surface area (TPSA) is 96.0 Å². The zero-order valence-electron chi connectivity index (χ0n) is 31.2. The lowest BCUT2D eigenvalue weighted by atomic mass is 9.76. The van der Waals surface area contributed by atoms with Gasteiger partial charge in [-0.1, -0.05) is 97.1 Å². The summed E-state index contributed by atoms with van der Waals surface area (Å²) in [5, 5.41) is 11.1. The summed E-state index contributed by atoms with van der Waals surface area (Å²) in [7, 11) is 1.35. The molecule has 0 spiro atoms. The van der Waals surface area contributed by atoms with Crippen LogP contribution in [0, 0.1) is 11.6 Å². The van der Waals surface area contributed by atoms with Crippen LogP contribution in [-0.2, 0) is 36.7 Å². The van der Waals surface area contributed by atoms with Gasteiger partial charge >= 0.3 is 11.9 Å². The number of alkyl halides is 3. The Morgan fingerprint density at radius 1 is 0.746 bits per heavy atom. The summed E-state index contributed by atoms with van der Waals surface area (Å²) in [5.41, 5.74) is -0.180. The molecule has 296 valence electrons. The number of hydrogen-bond donors (Lipinski definition) is 1. The zero-order chi connectivity index (χ0) is 41.3. The van der Waals surface area contributed by atoms with Crippen molar-refractivity contribution in [3.05, 3.63) is 202 Å². The van der Waals surface area contributed by atoms with Gasteiger partial charge < -0.3 is 10.1 Å². The number of amides is 1. The van der Waals surface area contributed by atoms with Crippen LogP contribution in [0.2, 0.25) is 0 Å². The van der Waals surface area contributed by atoms with E-state index >= 15 is 4.39 Å². The summed E-state index contributed by atoms with van der Waals surface area (Å²) in [6, 6.07) is 39.6. The molecule has 2 heterocycles. The number of hydrogen-bond acceptors (Lipinski definition) is 5. The molecule has 2 aromatic heterocycles.